The fraction of sp³-hybridized carbons (Fsp3) is 0.600. The van der Waals surface area contributed by atoms with Crippen LogP contribution in [0.5, 0.6) is 5.75 Å². The van der Waals surface area contributed by atoms with Gasteiger partial charge in [-0.2, -0.15) is 0 Å². The molecule has 1 aromatic carbocycles. The Morgan fingerprint density at radius 3 is 2.59 bits per heavy atom. The fourth-order valence-electron chi connectivity index (χ4n) is 1.92. The van der Waals surface area contributed by atoms with Crippen LogP contribution in [-0.4, -0.2) is 11.7 Å². The lowest BCUT2D eigenvalue weighted by atomic mass is 10.1. The van der Waals surface area contributed by atoms with Crippen LogP contribution in [-0.2, 0) is 0 Å². The Labute approximate surface area is 105 Å². The zero-order chi connectivity index (χ0) is 12.7. The molecule has 0 aliphatic heterocycles. The van der Waals surface area contributed by atoms with Crippen molar-refractivity contribution in [3.05, 3.63) is 29.8 Å². The molecule has 2 heteroatoms. The van der Waals surface area contributed by atoms with E-state index >= 15 is 0 Å². The van der Waals surface area contributed by atoms with Gasteiger partial charge >= 0.3 is 0 Å². The Bertz CT molecular complexity index is 322. The van der Waals surface area contributed by atoms with Crippen LogP contribution in [0.15, 0.2) is 24.3 Å². The van der Waals surface area contributed by atoms with E-state index in [1.165, 1.54) is 12.8 Å². The highest BCUT2D eigenvalue weighted by molar-refractivity contribution is 5.34. The van der Waals surface area contributed by atoms with Crippen LogP contribution in [0.1, 0.15) is 51.7 Å². The molecule has 2 nitrogen and oxygen atoms in total. The van der Waals surface area contributed by atoms with Crippen molar-refractivity contribution < 1.29 is 9.84 Å². The molecule has 1 aromatic rings. The molecule has 0 fully saturated rings. The number of hydrogen-bond donors (Lipinski definition) is 1. The lowest BCUT2D eigenvalue weighted by Crippen LogP contribution is -2.10. The molecule has 0 bridgehead atoms. The lowest BCUT2D eigenvalue weighted by Gasteiger charge is -2.17. The largest absolute Gasteiger partial charge is 0.493 e. The second kappa shape index (κ2) is 7.33. The summed E-state index contributed by atoms with van der Waals surface area (Å²) in [4.78, 5) is 0. The van der Waals surface area contributed by atoms with Crippen molar-refractivity contribution in [3.8, 4) is 5.75 Å². The molecule has 0 aliphatic carbocycles. The van der Waals surface area contributed by atoms with Crippen molar-refractivity contribution in [2.45, 2.75) is 46.1 Å². The van der Waals surface area contributed by atoms with E-state index in [1.807, 2.05) is 31.2 Å². The van der Waals surface area contributed by atoms with Crippen LogP contribution in [0.4, 0.5) is 0 Å². The van der Waals surface area contributed by atoms with Gasteiger partial charge in [-0.25, -0.2) is 0 Å². The third kappa shape index (κ3) is 4.39. The molecule has 0 saturated heterocycles. The van der Waals surface area contributed by atoms with Crippen molar-refractivity contribution in [2.75, 3.05) is 6.61 Å². The molecular weight excluding hydrogens is 212 g/mol. The number of para-hydroxylation sites is 1. The van der Waals surface area contributed by atoms with Gasteiger partial charge in [0, 0.05) is 5.56 Å². The minimum atomic E-state index is -0.423. The van der Waals surface area contributed by atoms with Crippen LogP contribution in [0.2, 0.25) is 0 Å². The summed E-state index contributed by atoms with van der Waals surface area (Å²) in [5.41, 5.74) is 0.902. The number of rotatable bonds is 7. The predicted octanol–water partition coefficient (Wildman–Crippen LogP) is 3.95. The van der Waals surface area contributed by atoms with Crippen LogP contribution in [0.3, 0.4) is 0 Å². The summed E-state index contributed by atoms with van der Waals surface area (Å²) >= 11 is 0. The van der Waals surface area contributed by atoms with E-state index in [1.54, 1.807) is 0 Å². The highest BCUT2D eigenvalue weighted by atomic mass is 16.5. The van der Waals surface area contributed by atoms with Crippen molar-refractivity contribution in [3.63, 3.8) is 0 Å². The van der Waals surface area contributed by atoms with Gasteiger partial charge in [-0.15, -0.1) is 0 Å². The maximum Gasteiger partial charge on any atom is 0.125 e. The quantitative estimate of drug-likeness (QED) is 0.777. The third-order valence-corrected chi connectivity index (χ3v) is 2.97. The molecular formula is C15H24O2. The Morgan fingerprint density at radius 1 is 1.24 bits per heavy atom. The maximum absolute atomic E-state index is 9.90. The highest BCUT2D eigenvalue weighted by Gasteiger charge is 2.11. The predicted molar refractivity (Wildman–Crippen MR) is 71.3 cm³/mol. The summed E-state index contributed by atoms with van der Waals surface area (Å²) < 4.78 is 5.81. The number of ether oxygens (including phenoxy) is 1. The Hall–Kier alpha value is -1.02. The van der Waals surface area contributed by atoms with E-state index in [-0.39, 0.29) is 0 Å². The first-order valence-electron chi connectivity index (χ1n) is 6.58. The molecule has 0 heterocycles. The first-order chi connectivity index (χ1) is 8.19. The van der Waals surface area contributed by atoms with Gasteiger partial charge in [0.25, 0.3) is 0 Å². The van der Waals surface area contributed by atoms with Gasteiger partial charge in [0.15, 0.2) is 0 Å². The van der Waals surface area contributed by atoms with Gasteiger partial charge in [0.1, 0.15) is 5.75 Å². The molecule has 1 unspecified atom stereocenters. The second-order valence-electron chi connectivity index (χ2n) is 4.67. The van der Waals surface area contributed by atoms with E-state index in [4.69, 9.17) is 4.74 Å². The number of hydrogen-bond acceptors (Lipinski definition) is 2. The fourth-order valence-corrected chi connectivity index (χ4v) is 1.92. The molecule has 0 spiro atoms. The smallest absolute Gasteiger partial charge is 0.125 e. The van der Waals surface area contributed by atoms with E-state index < -0.39 is 6.10 Å². The molecule has 1 rings (SSSR count). The average Bonchev–Trinajstić information content (AvgIpc) is 2.36. The number of aliphatic hydroxyl groups is 1. The van der Waals surface area contributed by atoms with Crippen LogP contribution < -0.4 is 4.74 Å². The molecule has 17 heavy (non-hydrogen) atoms. The molecule has 0 aromatic heterocycles. The van der Waals surface area contributed by atoms with Crippen LogP contribution >= 0.6 is 0 Å². The highest BCUT2D eigenvalue weighted by Crippen LogP contribution is 2.27. The molecule has 2 atom stereocenters. The Morgan fingerprint density at radius 2 is 1.94 bits per heavy atom. The van der Waals surface area contributed by atoms with E-state index in [0.29, 0.717) is 12.3 Å². The SMILES string of the molecule is CCCC(C)COc1ccccc1[C@@H](O)CC. The van der Waals surface area contributed by atoms with Crippen LogP contribution in [0, 0.1) is 5.92 Å². The van der Waals surface area contributed by atoms with Gasteiger partial charge in [-0.05, 0) is 24.8 Å². The van der Waals surface area contributed by atoms with Gasteiger partial charge in [-0.3, -0.25) is 0 Å². The third-order valence-electron chi connectivity index (χ3n) is 2.97. The zero-order valence-corrected chi connectivity index (χ0v) is 11.1. The molecule has 1 N–H and O–H groups in total. The topological polar surface area (TPSA) is 29.5 Å². The van der Waals surface area contributed by atoms with Crippen molar-refractivity contribution in [1.29, 1.82) is 0 Å². The summed E-state index contributed by atoms with van der Waals surface area (Å²) in [6.07, 6.45) is 2.65. The summed E-state index contributed by atoms with van der Waals surface area (Å²) in [5.74, 6) is 1.39. The normalized spacial score (nSPS) is 14.4. The van der Waals surface area contributed by atoms with Crippen LogP contribution in [0.25, 0.3) is 0 Å². The molecule has 0 saturated carbocycles. The minimum absolute atomic E-state index is 0.423. The zero-order valence-electron chi connectivity index (χ0n) is 11.1. The Balaban J connectivity index is 2.63. The Kier molecular flexibility index (Phi) is 6.06. The maximum atomic E-state index is 9.90. The van der Waals surface area contributed by atoms with E-state index in [2.05, 4.69) is 13.8 Å². The first kappa shape index (κ1) is 14.0. The summed E-state index contributed by atoms with van der Waals surface area (Å²) in [7, 11) is 0. The molecule has 96 valence electrons. The van der Waals surface area contributed by atoms with Gasteiger partial charge in [-0.1, -0.05) is 45.4 Å². The second-order valence-corrected chi connectivity index (χ2v) is 4.67. The van der Waals surface area contributed by atoms with Gasteiger partial charge in [0.2, 0.25) is 0 Å². The lowest BCUT2D eigenvalue weighted by molar-refractivity contribution is 0.164. The number of benzene rings is 1. The van der Waals surface area contributed by atoms with Gasteiger partial charge < -0.3 is 9.84 Å². The van der Waals surface area contributed by atoms with Crippen molar-refractivity contribution in [2.24, 2.45) is 5.92 Å². The molecule has 0 aliphatic rings. The van der Waals surface area contributed by atoms with Gasteiger partial charge in [0.05, 0.1) is 12.7 Å². The average molecular weight is 236 g/mol. The van der Waals surface area contributed by atoms with Crippen molar-refractivity contribution >= 4 is 0 Å². The van der Waals surface area contributed by atoms with E-state index in [9.17, 15) is 5.11 Å². The summed E-state index contributed by atoms with van der Waals surface area (Å²) in [5, 5.41) is 9.90. The minimum Gasteiger partial charge on any atom is -0.493 e. The summed E-state index contributed by atoms with van der Waals surface area (Å²) in [6.45, 7) is 7.08. The molecule has 0 radical (unpaired) electrons. The molecule has 0 amide bonds. The summed E-state index contributed by atoms with van der Waals surface area (Å²) in [6, 6.07) is 7.77. The first-order valence-corrected chi connectivity index (χ1v) is 6.58. The van der Waals surface area contributed by atoms with E-state index in [0.717, 1.165) is 17.9 Å². The van der Waals surface area contributed by atoms with Crippen molar-refractivity contribution in [1.82, 2.24) is 0 Å². The standard InChI is InChI=1S/C15H24O2/c1-4-8-12(3)11-17-15-10-7-6-9-13(15)14(16)5-2/h6-7,9-10,12,14,16H,4-5,8,11H2,1-3H3/t12?,14-/m0/s1. The number of aliphatic hydroxyl groups excluding tert-OH is 1. The monoisotopic (exact) mass is 236 g/mol.